The molecule has 19 heavy (non-hydrogen) atoms. The lowest BCUT2D eigenvalue weighted by atomic mass is 9.96. The Morgan fingerprint density at radius 3 is 2.37 bits per heavy atom. The third-order valence-corrected chi connectivity index (χ3v) is 3.52. The van der Waals surface area contributed by atoms with Crippen molar-refractivity contribution in [2.24, 2.45) is 0 Å². The second-order valence-electron chi connectivity index (χ2n) is 4.73. The van der Waals surface area contributed by atoms with Gasteiger partial charge in [-0.2, -0.15) is 0 Å². The van der Waals surface area contributed by atoms with E-state index < -0.39 is 5.82 Å². The van der Waals surface area contributed by atoms with Gasteiger partial charge in [-0.05, 0) is 56.2 Å². The number of halogens is 2. The molecule has 0 saturated heterocycles. The number of rotatable bonds is 2. The maximum absolute atomic E-state index is 13.8. The van der Waals surface area contributed by atoms with Crippen LogP contribution < -0.4 is 0 Å². The molecule has 0 aliphatic heterocycles. The summed E-state index contributed by atoms with van der Waals surface area (Å²) >= 11 is 6.01. The van der Waals surface area contributed by atoms with E-state index in [0.717, 1.165) is 16.7 Å². The van der Waals surface area contributed by atoms with Crippen molar-refractivity contribution in [1.29, 1.82) is 0 Å². The Morgan fingerprint density at radius 1 is 1.00 bits per heavy atom. The number of aryl methyl sites for hydroxylation is 3. The van der Waals surface area contributed by atoms with Crippen molar-refractivity contribution in [2.75, 3.05) is 0 Å². The van der Waals surface area contributed by atoms with Crippen LogP contribution in [-0.4, -0.2) is 5.78 Å². The molecular weight excluding hydrogens is 263 g/mol. The highest BCUT2D eigenvalue weighted by Crippen LogP contribution is 2.23. The summed E-state index contributed by atoms with van der Waals surface area (Å²) in [5.41, 5.74) is 3.01. The average molecular weight is 277 g/mol. The highest BCUT2D eigenvalue weighted by atomic mass is 35.5. The molecule has 2 aromatic carbocycles. The van der Waals surface area contributed by atoms with E-state index in [2.05, 4.69) is 0 Å². The summed E-state index contributed by atoms with van der Waals surface area (Å²) in [7, 11) is 0. The second-order valence-corrected chi connectivity index (χ2v) is 5.14. The van der Waals surface area contributed by atoms with E-state index in [0.29, 0.717) is 10.6 Å². The van der Waals surface area contributed by atoms with Crippen LogP contribution in [0.3, 0.4) is 0 Å². The summed E-state index contributed by atoms with van der Waals surface area (Å²) in [6.45, 7) is 5.45. The monoisotopic (exact) mass is 276 g/mol. The zero-order valence-electron chi connectivity index (χ0n) is 11.1. The van der Waals surface area contributed by atoms with Gasteiger partial charge in [0.05, 0.1) is 5.56 Å². The van der Waals surface area contributed by atoms with Gasteiger partial charge in [0.1, 0.15) is 5.82 Å². The Labute approximate surface area is 117 Å². The van der Waals surface area contributed by atoms with Crippen LogP contribution in [0.15, 0.2) is 30.3 Å². The first-order valence-corrected chi connectivity index (χ1v) is 6.35. The number of benzene rings is 2. The van der Waals surface area contributed by atoms with Crippen molar-refractivity contribution in [3.63, 3.8) is 0 Å². The SMILES string of the molecule is Cc1ccc(F)c(C(=O)c2cc(C)c(Cl)cc2C)c1. The Balaban J connectivity index is 2.56. The number of ketones is 1. The number of hydrogen-bond donors (Lipinski definition) is 0. The van der Waals surface area contributed by atoms with Gasteiger partial charge in [-0.1, -0.05) is 23.2 Å². The number of carbonyl (C=O) groups is 1. The Kier molecular flexibility index (Phi) is 3.72. The molecule has 2 aromatic rings. The van der Waals surface area contributed by atoms with Crippen LogP contribution in [0.4, 0.5) is 4.39 Å². The molecule has 3 heteroatoms. The van der Waals surface area contributed by atoms with E-state index in [9.17, 15) is 9.18 Å². The topological polar surface area (TPSA) is 17.1 Å². The molecule has 0 spiro atoms. The van der Waals surface area contributed by atoms with Crippen LogP contribution in [0.5, 0.6) is 0 Å². The van der Waals surface area contributed by atoms with E-state index in [1.165, 1.54) is 6.07 Å². The maximum Gasteiger partial charge on any atom is 0.196 e. The van der Waals surface area contributed by atoms with Crippen molar-refractivity contribution in [3.8, 4) is 0 Å². The smallest absolute Gasteiger partial charge is 0.196 e. The molecule has 0 unspecified atom stereocenters. The molecule has 98 valence electrons. The predicted octanol–water partition coefficient (Wildman–Crippen LogP) is 4.64. The van der Waals surface area contributed by atoms with Gasteiger partial charge in [-0.15, -0.1) is 0 Å². The number of hydrogen-bond acceptors (Lipinski definition) is 1. The fraction of sp³-hybridized carbons (Fsp3) is 0.188. The molecule has 0 atom stereocenters. The standard InChI is InChI=1S/C16H14ClFO/c1-9-4-5-15(18)13(6-9)16(19)12-7-11(3)14(17)8-10(12)2/h4-8H,1-3H3. The minimum Gasteiger partial charge on any atom is -0.288 e. The van der Waals surface area contributed by atoms with Gasteiger partial charge in [-0.25, -0.2) is 4.39 Å². The summed E-state index contributed by atoms with van der Waals surface area (Å²) in [6, 6.07) is 7.98. The van der Waals surface area contributed by atoms with Gasteiger partial charge >= 0.3 is 0 Å². The average Bonchev–Trinajstić information content (AvgIpc) is 2.36. The highest BCUT2D eigenvalue weighted by Gasteiger charge is 2.17. The molecule has 0 aliphatic rings. The van der Waals surface area contributed by atoms with Crippen molar-refractivity contribution >= 4 is 17.4 Å². The quantitative estimate of drug-likeness (QED) is 0.731. The van der Waals surface area contributed by atoms with Crippen molar-refractivity contribution in [1.82, 2.24) is 0 Å². The lowest BCUT2D eigenvalue weighted by molar-refractivity contribution is 0.103. The van der Waals surface area contributed by atoms with Crippen LogP contribution in [0, 0.1) is 26.6 Å². The Morgan fingerprint density at radius 2 is 1.68 bits per heavy atom. The van der Waals surface area contributed by atoms with E-state index in [-0.39, 0.29) is 11.3 Å². The predicted molar refractivity (Wildman–Crippen MR) is 75.5 cm³/mol. The third kappa shape index (κ3) is 2.69. The summed E-state index contributed by atoms with van der Waals surface area (Å²) < 4.78 is 13.8. The Bertz CT molecular complexity index is 662. The van der Waals surface area contributed by atoms with Gasteiger partial charge in [-0.3, -0.25) is 4.79 Å². The van der Waals surface area contributed by atoms with Crippen molar-refractivity contribution in [3.05, 3.63) is 69.0 Å². The van der Waals surface area contributed by atoms with E-state index >= 15 is 0 Å². The van der Waals surface area contributed by atoms with Gasteiger partial charge in [0, 0.05) is 10.6 Å². The minimum absolute atomic E-state index is 0.102. The first-order valence-electron chi connectivity index (χ1n) is 5.97. The summed E-state index contributed by atoms with van der Waals surface area (Å²) in [6.07, 6.45) is 0. The molecule has 0 aromatic heterocycles. The van der Waals surface area contributed by atoms with Crippen LogP contribution in [0.1, 0.15) is 32.6 Å². The molecule has 0 radical (unpaired) electrons. The van der Waals surface area contributed by atoms with E-state index in [1.807, 2.05) is 13.8 Å². The molecule has 1 nitrogen and oxygen atoms in total. The molecule has 2 rings (SSSR count). The highest BCUT2D eigenvalue weighted by molar-refractivity contribution is 6.31. The summed E-state index contributed by atoms with van der Waals surface area (Å²) in [5.74, 6) is -0.805. The molecule has 0 heterocycles. The van der Waals surface area contributed by atoms with Crippen LogP contribution in [0.2, 0.25) is 5.02 Å². The van der Waals surface area contributed by atoms with Gasteiger partial charge in [0.25, 0.3) is 0 Å². The molecule has 0 bridgehead atoms. The Hall–Kier alpha value is -1.67. The van der Waals surface area contributed by atoms with Crippen LogP contribution in [0.25, 0.3) is 0 Å². The van der Waals surface area contributed by atoms with Gasteiger partial charge in [0.15, 0.2) is 5.78 Å². The fourth-order valence-corrected chi connectivity index (χ4v) is 2.20. The first-order chi connectivity index (χ1) is 8.90. The minimum atomic E-state index is -0.498. The molecule has 0 N–H and O–H groups in total. The van der Waals surface area contributed by atoms with E-state index in [1.54, 1.807) is 31.2 Å². The lowest BCUT2D eigenvalue weighted by Gasteiger charge is -2.09. The van der Waals surface area contributed by atoms with Crippen LogP contribution >= 0.6 is 11.6 Å². The normalized spacial score (nSPS) is 10.6. The summed E-state index contributed by atoms with van der Waals surface area (Å²) in [5, 5.41) is 0.610. The zero-order valence-corrected chi connectivity index (χ0v) is 11.8. The molecule has 0 amide bonds. The molecular formula is C16H14ClFO. The summed E-state index contributed by atoms with van der Waals surface area (Å²) in [4.78, 5) is 12.4. The van der Waals surface area contributed by atoms with Crippen molar-refractivity contribution < 1.29 is 9.18 Å². The van der Waals surface area contributed by atoms with Gasteiger partial charge < -0.3 is 0 Å². The second kappa shape index (κ2) is 5.14. The third-order valence-electron chi connectivity index (χ3n) is 3.12. The van der Waals surface area contributed by atoms with Crippen LogP contribution in [-0.2, 0) is 0 Å². The fourth-order valence-electron chi connectivity index (χ4n) is 1.98. The molecule has 0 fully saturated rings. The maximum atomic E-state index is 13.8. The number of carbonyl (C=O) groups excluding carboxylic acids is 1. The van der Waals surface area contributed by atoms with Gasteiger partial charge in [0.2, 0.25) is 0 Å². The molecule has 0 saturated carbocycles. The largest absolute Gasteiger partial charge is 0.288 e. The lowest BCUT2D eigenvalue weighted by Crippen LogP contribution is -2.07. The zero-order chi connectivity index (χ0) is 14.2. The van der Waals surface area contributed by atoms with Crippen molar-refractivity contribution in [2.45, 2.75) is 20.8 Å². The first kappa shape index (κ1) is 13.8. The molecule has 0 aliphatic carbocycles. The van der Waals surface area contributed by atoms with E-state index in [4.69, 9.17) is 11.6 Å².